The highest BCUT2D eigenvalue weighted by molar-refractivity contribution is 8.00. The lowest BCUT2D eigenvalue weighted by Crippen LogP contribution is -2.39. The second-order valence-corrected chi connectivity index (χ2v) is 7.47. The van der Waals surface area contributed by atoms with Gasteiger partial charge in [0.1, 0.15) is 5.78 Å². The van der Waals surface area contributed by atoms with Crippen molar-refractivity contribution in [3.8, 4) is 0 Å². The highest BCUT2D eigenvalue weighted by atomic mass is 32.2. The normalized spacial score (nSPS) is 29.0. The smallest absolute Gasteiger partial charge is 0.133 e. The summed E-state index contributed by atoms with van der Waals surface area (Å²) in [5, 5.41) is 0. The maximum absolute atomic E-state index is 11.2. The molecule has 0 N–H and O–H groups in total. The summed E-state index contributed by atoms with van der Waals surface area (Å²) in [4.78, 5) is 13.9. The first-order valence-corrected chi connectivity index (χ1v) is 7.45. The molecule has 0 aromatic carbocycles. The van der Waals surface area contributed by atoms with E-state index in [-0.39, 0.29) is 0 Å². The van der Waals surface area contributed by atoms with Crippen LogP contribution in [-0.4, -0.2) is 40.3 Å². The monoisotopic (exact) mass is 241 g/mol. The quantitative estimate of drug-likeness (QED) is 0.704. The number of nitrogens with zero attached hydrogens (tertiary/aromatic N) is 1. The SMILES string of the molecule is CC1(C)CCN(C2CCC(=O)CC2)CCS1. The molecule has 1 heterocycles. The van der Waals surface area contributed by atoms with Crippen LogP contribution >= 0.6 is 11.8 Å². The first-order chi connectivity index (χ1) is 7.57. The van der Waals surface area contributed by atoms with Crippen molar-refractivity contribution in [2.45, 2.75) is 56.7 Å². The van der Waals surface area contributed by atoms with Crippen LogP contribution in [0.4, 0.5) is 0 Å². The first-order valence-electron chi connectivity index (χ1n) is 6.46. The molecule has 0 unspecified atom stereocenters. The molecule has 2 aliphatic rings. The van der Waals surface area contributed by atoms with E-state index < -0.39 is 0 Å². The summed E-state index contributed by atoms with van der Waals surface area (Å²) < 4.78 is 0.444. The number of ketones is 1. The summed E-state index contributed by atoms with van der Waals surface area (Å²) in [5.41, 5.74) is 0. The van der Waals surface area contributed by atoms with Gasteiger partial charge in [-0.15, -0.1) is 0 Å². The van der Waals surface area contributed by atoms with E-state index in [9.17, 15) is 4.79 Å². The number of carbonyl (C=O) groups is 1. The fourth-order valence-corrected chi connectivity index (χ4v) is 3.80. The fourth-order valence-electron chi connectivity index (χ4n) is 2.69. The zero-order valence-corrected chi connectivity index (χ0v) is 11.3. The maximum atomic E-state index is 11.2. The molecule has 1 saturated carbocycles. The van der Waals surface area contributed by atoms with Crippen LogP contribution in [0.1, 0.15) is 46.0 Å². The predicted molar refractivity (Wildman–Crippen MR) is 70.0 cm³/mol. The molecule has 3 heteroatoms. The van der Waals surface area contributed by atoms with Crippen LogP contribution in [0, 0.1) is 0 Å². The molecule has 2 rings (SSSR count). The van der Waals surface area contributed by atoms with E-state index in [2.05, 4.69) is 30.5 Å². The number of hydrogen-bond donors (Lipinski definition) is 0. The molecule has 0 atom stereocenters. The summed E-state index contributed by atoms with van der Waals surface area (Å²) in [6.45, 7) is 7.14. The molecule has 1 aliphatic carbocycles. The van der Waals surface area contributed by atoms with Crippen molar-refractivity contribution in [1.29, 1.82) is 0 Å². The van der Waals surface area contributed by atoms with Crippen LogP contribution in [0.3, 0.4) is 0 Å². The van der Waals surface area contributed by atoms with Crippen LogP contribution in [-0.2, 0) is 4.79 Å². The van der Waals surface area contributed by atoms with Crippen molar-refractivity contribution in [3.63, 3.8) is 0 Å². The molecule has 0 aromatic heterocycles. The molecule has 0 aromatic rings. The van der Waals surface area contributed by atoms with Crippen LogP contribution < -0.4 is 0 Å². The Kier molecular flexibility index (Phi) is 3.96. The Morgan fingerprint density at radius 3 is 2.62 bits per heavy atom. The van der Waals surface area contributed by atoms with Crippen molar-refractivity contribution < 1.29 is 4.79 Å². The van der Waals surface area contributed by atoms with Crippen molar-refractivity contribution in [3.05, 3.63) is 0 Å². The largest absolute Gasteiger partial charge is 0.300 e. The maximum Gasteiger partial charge on any atom is 0.133 e. The van der Waals surface area contributed by atoms with E-state index in [0.29, 0.717) is 16.6 Å². The number of rotatable bonds is 1. The Balaban J connectivity index is 1.88. The average molecular weight is 241 g/mol. The molecule has 2 nitrogen and oxygen atoms in total. The Hall–Kier alpha value is -0.0200. The van der Waals surface area contributed by atoms with Gasteiger partial charge in [-0.05, 0) is 25.8 Å². The van der Waals surface area contributed by atoms with Crippen molar-refractivity contribution in [2.24, 2.45) is 0 Å². The molecular weight excluding hydrogens is 218 g/mol. The summed E-state index contributed by atoms with van der Waals surface area (Å²) in [7, 11) is 0. The highest BCUT2D eigenvalue weighted by Crippen LogP contribution is 2.32. The summed E-state index contributed by atoms with van der Waals surface area (Å²) >= 11 is 2.10. The van der Waals surface area contributed by atoms with Crippen molar-refractivity contribution >= 4 is 17.5 Å². The summed E-state index contributed by atoms with van der Waals surface area (Å²) in [6, 6.07) is 0.687. The molecule has 0 spiro atoms. The minimum atomic E-state index is 0.444. The van der Waals surface area contributed by atoms with Gasteiger partial charge in [-0.1, -0.05) is 13.8 Å². The lowest BCUT2D eigenvalue weighted by Gasteiger charge is -2.33. The predicted octanol–water partition coefficient (Wildman–Crippen LogP) is 2.72. The van der Waals surface area contributed by atoms with Crippen LogP contribution in [0.15, 0.2) is 0 Å². The van der Waals surface area contributed by atoms with E-state index in [1.807, 2.05) is 0 Å². The number of Topliss-reactive ketones (excluding diaryl/α,β-unsaturated/α-hetero) is 1. The van der Waals surface area contributed by atoms with Gasteiger partial charge in [-0.2, -0.15) is 11.8 Å². The average Bonchev–Trinajstić information content (AvgIpc) is 2.41. The van der Waals surface area contributed by atoms with Crippen molar-refractivity contribution in [1.82, 2.24) is 4.90 Å². The van der Waals surface area contributed by atoms with Crippen molar-refractivity contribution in [2.75, 3.05) is 18.8 Å². The van der Waals surface area contributed by atoms with E-state index in [1.54, 1.807) is 0 Å². The summed E-state index contributed by atoms with van der Waals surface area (Å²) in [5.74, 6) is 1.72. The third-order valence-corrected chi connectivity index (χ3v) is 5.27. The molecule has 1 saturated heterocycles. The second kappa shape index (κ2) is 5.09. The van der Waals surface area contributed by atoms with Crippen LogP contribution in [0.2, 0.25) is 0 Å². The lowest BCUT2D eigenvalue weighted by molar-refractivity contribution is -0.121. The highest BCUT2D eigenvalue weighted by Gasteiger charge is 2.29. The van der Waals surface area contributed by atoms with E-state index in [4.69, 9.17) is 0 Å². The van der Waals surface area contributed by atoms with Gasteiger partial charge in [-0.3, -0.25) is 9.69 Å². The number of carbonyl (C=O) groups excluding carboxylic acids is 1. The van der Waals surface area contributed by atoms with Gasteiger partial charge in [-0.25, -0.2) is 0 Å². The molecule has 0 radical (unpaired) electrons. The Morgan fingerprint density at radius 2 is 1.94 bits per heavy atom. The van der Waals surface area contributed by atoms with Crippen LogP contribution in [0.5, 0.6) is 0 Å². The number of thioether (sulfide) groups is 1. The second-order valence-electron chi connectivity index (χ2n) is 5.66. The lowest BCUT2D eigenvalue weighted by atomic mass is 9.93. The van der Waals surface area contributed by atoms with Gasteiger partial charge < -0.3 is 0 Å². The number of hydrogen-bond acceptors (Lipinski definition) is 3. The van der Waals surface area contributed by atoms with Gasteiger partial charge in [0.25, 0.3) is 0 Å². The van der Waals surface area contributed by atoms with E-state index in [1.165, 1.54) is 25.3 Å². The van der Waals surface area contributed by atoms with E-state index in [0.717, 1.165) is 25.7 Å². The fraction of sp³-hybridized carbons (Fsp3) is 0.923. The van der Waals surface area contributed by atoms with Gasteiger partial charge in [0.05, 0.1) is 0 Å². The zero-order valence-electron chi connectivity index (χ0n) is 10.5. The zero-order chi connectivity index (χ0) is 11.6. The first kappa shape index (κ1) is 12.4. The molecule has 0 amide bonds. The van der Waals surface area contributed by atoms with Gasteiger partial charge in [0.15, 0.2) is 0 Å². The van der Waals surface area contributed by atoms with Gasteiger partial charge in [0, 0.05) is 35.9 Å². The molecule has 0 bridgehead atoms. The van der Waals surface area contributed by atoms with Gasteiger partial charge >= 0.3 is 0 Å². The standard InChI is InChI=1S/C13H23NOS/c1-13(2)7-8-14(9-10-16-13)11-3-5-12(15)6-4-11/h11H,3-10H2,1-2H3. The Morgan fingerprint density at radius 1 is 1.25 bits per heavy atom. The minimum absolute atomic E-state index is 0.444. The molecule has 2 fully saturated rings. The molecule has 16 heavy (non-hydrogen) atoms. The van der Waals surface area contributed by atoms with Gasteiger partial charge in [0.2, 0.25) is 0 Å². The Labute approximate surface area is 103 Å². The molecular formula is C13H23NOS. The van der Waals surface area contributed by atoms with Crippen LogP contribution in [0.25, 0.3) is 0 Å². The molecule has 92 valence electrons. The summed E-state index contributed by atoms with van der Waals surface area (Å²) in [6.07, 6.45) is 5.12. The molecule has 1 aliphatic heterocycles. The Bertz CT molecular complexity index is 255. The van der Waals surface area contributed by atoms with E-state index >= 15 is 0 Å². The third kappa shape index (κ3) is 3.24. The minimum Gasteiger partial charge on any atom is -0.300 e. The topological polar surface area (TPSA) is 20.3 Å². The third-order valence-electron chi connectivity index (χ3n) is 3.90.